The molecule has 0 aromatic rings. The van der Waals surface area contributed by atoms with Gasteiger partial charge < -0.3 is 10.1 Å². The quantitative estimate of drug-likeness (QED) is 0.634. The fourth-order valence-corrected chi connectivity index (χ4v) is 0.887. The Morgan fingerprint density at radius 3 is 2.62 bits per heavy atom. The number of hydrogen-bond acceptors (Lipinski definition) is 2. The first-order chi connectivity index (χ1) is 6.11. The largest absolute Gasteiger partial charge is 0.380 e. The third-order valence-corrected chi connectivity index (χ3v) is 1.82. The molecule has 0 radical (unpaired) electrons. The summed E-state index contributed by atoms with van der Waals surface area (Å²) >= 11 is 0. The molecule has 0 aromatic carbocycles. The Kier molecular flexibility index (Phi) is 6.24. The van der Waals surface area contributed by atoms with Gasteiger partial charge in [-0.3, -0.25) is 4.79 Å². The molecule has 0 saturated heterocycles. The van der Waals surface area contributed by atoms with Crippen LogP contribution in [0.5, 0.6) is 0 Å². The molecule has 0 aliphatic carbocycles. The molecule has 1 atom stereocenters. The molecule has 0 heterocycles. The predicted octanol–water partition coefficient (Wildman–Crippen LogP) is 1.35. The van der Waals surface area contributed by atoms with Crippen molar-refractivity contribution < 1.29 is 9.53 Å². The van der Waals surface area contributed by atoms with Gasteiger partial charge in [0, 0.05) is 6.61 Å². The van der Waals surface area contributed by atoms with Gasteiger partial charge in [0.15, 0.2) is 0 Å². The van der Waals surface area contributed by atoms with Gasteiger partial charge in [-0.25, -0.2) is 0 Å². The van der Waals surface area contributed by atoms with Crippen molar-refractivity contribution in [3.8, 4) is 0 Å². The molecule has 0 aliphatic heterocycles. The van der Waals surface area contributed by atoms with Crippen LogP contribution in [0.3, 0.4) is 0 Å². The van der Waals surface area contributed by atoms with Crippen LogP contribution in [0.15, 0.2) is 12.7 Å². The van der Waals surface area contributed by atoms with Crippen molar-refractivity contribution >= 4 is 5.91 Å². The van der Waals surface area contributed by atoms with Crippen LogP contribution in [0.4, 0.5) is 0 Å². The lowest BCUT2D eigenvalue weighted by Crippen LogP contribution is -2.41. The van der Waals surface area contributed by atoms with Crippen LogP contribution in [-0.2, 0) is 9.53 Å². The summed E-state index contributed by atoms with van der Waals surface area (Å²) in [6, 6.07) is 0.0745. The van der Waals surface area contributed by atoms with Crippen molar-refractivity contribution in [1.82, 2.24) is 5.32 Å². The number of nitrogens with one attached hydrogen (secondary N) is 1. The van der Waals surface area contributed by atoms with Gasteiger partial charge >= 0.3 is 0 Å². The maximum atomic E-state index is 11.0. The lowest BCUT2D eigenvalue weighted by atomic mass is 10.1. The van der Waals surface area contributed by atoms with E-state index in [-0.39, 0.29) is 11.9 Å². The van der Waals surface area contributed by atoms with Gasteiger partial charge in [0.25, 0.3) is 0 Å². The van der Waals surface area contributed by atoms with Crippen LogP contribution in [0, 0.1) is 5.92 Å². The van der Waals surface area contributed by atoms with Gasteiger partial charge in [0.2, 0.25) is 5.91 Å². The molecular formula is C10H19NO2. The molecule has 0 aromatic heterocycles. The first kappa shape index (κ1) is 12.2. The number of hydrogen-bond donors (Lipinski definition) is 1. The highest BCUT2D eigenvalue weighted by atomic mass is 16.5. The summed E-state index contributed by atoms with van der Waals surface area (Å²) in [6.07, 6.45) is 1.28. The van der Waals surface area contributed by atoms with Crippen molar-refractivity contribution in [2.75, 3.05) is 13.2 Å². The Labute approximate surface area is 80.2 Å². The summed E-state index contributed by atoms with van der Waals surface area (Å²) < 4.78 is 5.25. The molecule has 76 valence electrons. The summed E-state index contributed by atoms with van der Waals surface area (Å²) in [6.45, 7) is 10.7. The second kappa shape index (κ2) is 6.66. The second-order valence-corrected chi connectivity index (χ2v) is 3.22. The zero-order chi connectivity index (χ0) is 10.3. The number of ether oxygens (including phenoxy) is 1. The molecule has 13 heavy (non-hydrogen) atoms. The van der Waals surface area contributed by atoms with Crippen LogP contribution >= 0.6 is 0 Å². The lowest BCUT2D eigenvalue weighted by Gasteiger charge is -2.21. The van der Waals surface area contributed by atoms with E-state index in [4.69, 9.17) is 4.74 Å². The molecule has 1 N–H and O–H groups in total. The Morgan fingerprint density at radius 1 is 1.62 bits per heavy atom. The topological polar surface area (TPSA) is 38.3 Å². The van der Waals surface area contributed by atoms with Gasteiger partial charge in [0.05, 0.1) is 12.6 Å². The van der Waals surface area contributed by atoms with Gasteiger partial charge in [-0.1, -0.05) is 20.4 Å². The molecule has 3 nitrogen and oxygen atoms in total. The molecule has 1 unspecified atom stereocenters. The van der Waals surface area contributed by atoms with E-state index in [0.29, 0.717) is 19.1 Å². The molecule has 0 bridgehead atoms. The number of carbonyl (C=O) groups is 1. The molecule has 0 rings (SSSR count). The van der Waals surface area contributed by atoms with Crippen LogP contribution in [-0.4, -0.2) is 25.2 Å². The zero-order valence-electron chi connectivity index (χ0n) is 8.67. The van der Waals surface area contributed by atoms with Gasteiger partial charge in [-0.15, -0.1) is 0 Å². The minimum atomic E-state index is -0.140. The van der Waals surface area contributed by atoms with E-state index in [9.17, 15) is 4.79 Å². The van der Waals surface area contributed by atoms with E-state index < -0.39 is 0 Å². The summed E-state index contributed by atoms with van der Waals surface area (Å²) in [4.78, 5) is 11.0. The standard InChI is InChI=1S/C10H19NO2/c1-5-10(12)11-9(8(3)4)7-13-6-2/h5,8-9H,1,6-7H2,2-4H3,(H,11,12). The minimum Gasteiger partial charge on any atom is -0.380 e. The summed E-state index contributed by atoms with van der Waals surface area (Å²) in [5.41, 5.74) is 0. The fraction of sp³-hybridized carbons (Fsp3) is 0.700. The first-order valence-corrected chi connectivity index (χ1v) is 4.62. The Balaban J connectivity index is 3.93. The Hall–Kier alpha value is -0.830. The van der Waals surface area contributed by atoms with Crippen LogP contribution in [0.1, 0.15) is 20.8 Å². The highest BCUT2D eigenvalue weighted by Crippen LogP contribution is 2.01. The molecule has 3 heteroatoms. The van der Waals surface area contributed by atoms with E-state index in [2.05, 4.69) is 11.9 Å². The summed E-state index contributed by atoms with van der Waals surface area (Å²) in [5.74, 6) is 0.230. The van der Waals surface area contributed by atoms with Crippen LogP contribution < -0.4 is 5.32 Å². The molecule has 0 fully saturated rings. The third-order valence-electron chi connectivity index (χ3n) is 1.82. The Morgan fingerprint density at radius 2 is 2.23 bits per heavy atom. The second-order valence-electron chi connectivity index (χ2n) is 3.22. The van der Waals surface area contributed by atoms with Crippen LogP contribution in [0.2, 0.25) is 0 Å². The highest BCUT2D eigenvalue weighted by molar-refractivity contribution is 5.87. The van der Waals surface area contributed by atoms with Gasteiger partial charge in [-0.2, -0.15) is 0 Å². The Bertz CT molecular complexity index is 166. The fourth-order valence-electron chi connectivity index (χ4n) is 0.887. The summed E-state index contributed by atoms with van der Waals surface area (Å²) in [7, 11) is 0. The van der Waals surface area contributed by atoms with E-state index in [0.717, 1.165) is 0 Å². The van der Waals surface area contributed by atoms with Gasteiger partial charge in [0.1, 0.15) is 0 Å². The molecular weight excluding hydrogens is 166 g/mol. The molecule has 0 spiro atoms. The monoisotopic (exact) mass is 185 g/mol. The first-order valence-electron chi connectivity index (χ1n) is 4.62. The molecule has 1 amide bonds. The van der Waals surface area contributed by atoms with Crippen molar-refractivity contribution in [3.63, 3.8) is 0 Å². The minimum absolute atomic E-state index is 0.0745. The maximum absolute atomic E-state index is 11.0. The lowest BCUT2D eigenvalue weighted by molar-refractivity contribution is -0.118. The SMILES string of the molecule is C=CC(=O)NC(COCC)C(C)C. The maximum Gasteiger partial charge on any atom is 0.243 e. The van der Waals surface area contributed by atoms with Crippen molar-refractivity contribution in [3.05, 3.63) is 12.7 Å². The average molecular weight is 185 g/mol. The normalized spacial score (nSPS) is 12.6. The van der Waals surface area contributed by atoms with E-state index in [1.807, 2.05) is 20.8 Å². The highest BCUT2D eigenvalue weighted by Gasteiger charge is 2.14. The molecule has 0 aliphatic rings. The predicted molar refractivity (Wildman–Crippen MR) is 53.5 cm³/mol. The third kappa shape index (κ3) is 5.42. The summed E-state index contributed by atoms with van der Waals surface area (Å²) in [5, 5.41) is 2.82. The zero-order valence-corrected chi connectivity index (χ0v) is 8.67. The van der Waals surface area contributed by atoms with E-state index >= 15 is 0 Å². The molecule has 0 saturated carbocycles. The van der Waals surface area contributed by atoms with Crippen molar-refractivity contribution in [2.45, 2.75) is 26.8 Å². The van der Waals surface area contributed by atoms with Gasteiger partial charge in [-0.05, 0) is 18.9 Å². The number of amides is 1. The van der Waals surface area contributed by atoms with Crippen molar-refractivity contribution in [2.24, 2.45) is 5.92 Å². The average Bonchev–Trinajstić information content (AvgIpc) is 2.11. The number of carbonyl (C=O) groups excluding carboxylic acids is 1. The van der Waals surface area contributed by atoms with Crippen molar-refractivity contribution in [1.29, 1.82) is 0 Å². The van der Waals surface area contributed by atoms with Crippen LogP contribution in [0.25, 0.3) is 0 Å². The van der Waals surface area contributed by atoms with E-state index in [1.54, 1.807) is 0 Å². The smallest absolute Gasteiger partial charge is 0.243 e. The number of rotatable bonds is 6. The van der Waals surface area contributed by atoms with E-state index in [1.165, 1.54) is 6.08 Å².